The van der Waals surface area contributed by atoms with Crippen LogP contribution in [-0.4, -0.2) is 25.0 Å². The zero-order valence-corrected chi connectivity index (χ0v) is 18.1. The van der Waals surface area contributed by atoms with E-state index in [1.807, 2.05) is 61.5 Å². The molecule has 3 rings (SSSR count). The summed E-state index contributed by atoms with van der Waals surface area (Å²) < 4.78 is 5.61. The second-order valence-corrected chi connectivity index (χ2v) is 7.42. The molecule has 0 fully saturated rings. The van der Waals surface area contributed by atoms with E-state index in [0.29, 0.717) is 30.2 Å². The monoisotopic (exact) mass is 429 g/mol. The second-order valence-electron chi connectivity index (χ2n) is 7.42. The molecule has 0 unspecified atom stereocenters. The van der Waals surface area contributed by atoms with Gasteiger partial charge in [-0.1, -0.05) is 43.0 Å². The Kier molecular flexibility index (Phi) is 8.03. The van der Waals surface area contributed by atoms with E-state index in [0.717, 1.165) is 16.8 Å². The molecule has 0 spiro atoms. The lowest BCUT2D eigenvalue weighted by Crippen LogP contribution is -2.23. The van der Waals surface area contributed by atoms with Crippen LogP contribution < -0.4 is 20.7 Å². The Hall–Kier alpha value is -4.06. The summed E-state index contributed by atoms with van der Waals surface area (Å²) in [5.74, 6) is 0.348. The summed E-state index contributed by atoms with van der Waals surface area (Å²) in [6.07, 6.45) is 0. The zero-order chi connectivity index (χ0) is 22.8. The number of amides is 2. The van der Waals surface area contributed by atoms with Crippen LogP contribution in [0.4, 0.5) is 11.4 Å². The predicted molar refractivity (Wildman–Crippen MR) is 128 cm³/mol. The molecule has 6 nitrogen and oxygen atoms in total. The first-order valence-electron chi connectivity index (χ1n) is 10.3. The van der Waals surface area contributed by atoms with E-state index < -0.39 is 0 Å². The number of carbonyl (C=O) groups excluding carboxylic acids is 2. The van der Waals surface area contributed by atoms with E-state index in [-0.39, 0.29) is 18.4 Å². The van der Waals surface area contributed by atoms with Gasteiger partial charge in [0, 0.05) is 29.5 Å². The number of anilines is 2. The maximum atomic E-state index is 12.3. The average Bonchev–Trinajstić information content (AvgIpc) is 2.81. The van der Waals surface area contributed by atoms with Crippen LogP contribution in [-0.2, 0) is 11.3 Å². The van der Waals surface area contributed by atoms with Crippen LogP contribution in [0, 0.1) is 0 Å². The van der Waals surface area contributed by atoms with Gasteiger partial charge in [0.25, 0.3) is 5.91 Å². The summed E-state index contributed by atoms with van der Waals surface area (Å²) in [6.45, 7) is 6.72. The number of nitrogens with one attached hydrogen (secondary N) is 3. The third-order valence-electron chi connectivity index (χ3n) is 4.50. The Morgan fingerprint density at radius 2 is 1.66 bits per heavy atom. The first kappa shape index (κ1) is 22.6. The Bertz CT molecular complexity index is 1060. The van der Waals surface area contributed by atoms with E-state index in [9.17, 15) is 9.59 Å². The number of benzene rings is 3. The zero-order valence-electron chi connectivity index (χ0n) is 18.1. The van der Waals surface area contributed by atoms with Gasteiger partial charge in [0.1, 0.15) is 12.4 Å². The Balaban J connectivity index is 1.45. The SMILES string of the molecule is C=C(C)COc1cccc(NCC(=O)Nc2ccc(C(=O)NCc3ccccc3)cc2)c1. The quantitative estimate of drug-likeness (QED) is 0.411. The van der Waals surface area contributed by atoms with E-state index >= 15 is 0 Å². The van der Waals surface area contributed by atoms with Gasteiger partial charge in [-0.25, -0.2) is 0 Å². The Labute approximate surface area is 188 Å². The van der Waals surface area contributed by atoms with Gasteiger partial charge in [0.05, 0.1) is 6.54 Å². The fourth-order valence-electron chi connectivity index (χ4n) is 2.88. The van der Waals surface area contributed by atoms with Crippen molar-refractivity contribution in [1.82, 2.24) is 5.32 Å². The van der Waals surface area contributed by atoms with E-state index in [4.69, 9.17) is 4.74 Å². The maximum Gasteiger partial charge on any atom is 0.251 e. The molecule has 164 valence electrons. The van der Waals surface area contributed by atoms with Crippen molar-refractivity contribution in [2.24, 2.45) is 0 Å². The molecule has 32 heavy (non-hydrogen) atoms. The minimum Gasteiger partial charge on any atom is -0.489 e. The van der Waals surface area contributed by atoms with E-state index in [1.54, 1.807) is 24.3 Å². The van der Waals surface area contributed by atoms with Crippen LogP contribution in [0.5, 0.6) is 5.75 Å². The van der Waals surface area contributed by atoms with Crippen molar-refractivity contribution in [2.45, 2.75) is 13.5 Å². The molecule has 2 amide bonds. The molecule has 3 aromatic rings. The number of carbonyl (C=O) groups is 2. The first-order chi connectivity index (χ1) is 15.5. The molecular formula is C26H27N3O3. The largest absolute Gasteiger partial charge is 0.489 e. The van der Waals surface area contributed by atoms with Crippen molar-refractivity contribution >= 4 is 23.2 Å². The van der Waals surface area contributed by atoms with Crippen LogP contribution in [0.1, 0.15) is 22.8 Å². The van der Waals surface area contributed by atoms with Gasteiger partial charge in [-0.3, -0.25) is 9.59 Å². The Morgan fingerprint density at radius 1 is 0.906 bits per heavy atom. The number of ether oxygens (including phenoxy) is 1. The minimum atomic E-state index is -0.195. The van der Waals surface area contributed by atoms with Crippen LogP contribution in [0.2, 0.25) is 0 Å². The van der Waals surface area contributed by atoms with E-state index in [2.05, 4.69) is 22.5 Å². The normalized spacial score (nSPS) is 10.2. The van der Waals surface area contributed by atoms with Crippen LogP contribution in [0.25, 0.3) is 0 Å². The molecule has 0 bridgehead atoms. The maximum absolute atomic E-state index is 12.3. The molecule has 0 heterocycles. The third-order valence-corrected chi connectivity index (χ3v) is 4.50. The molecule has 0 aliphatic heterocycles. The van der Waals surface area contributed by atoms with Crippen LogP contribution in [0.3, 0.4) is 0 Å². The molecule has 3 N–H and O–H groups in total. The highest BCUT2D eigenvalue weighted by Gasteiger charge is 2.07. The van der Waals surface area contributed by atoms with Crippen molar-refractivity contribution in [1.29, 1.82) is 0 Å². The molecule has 0 radical (unpaired) electrons. The van der Waals surface area contributed by atoms with Gasteiger partial charge in [-0.05, 0) is 54.5 Å². The second kappa shape index (κ2) is 11.4. The summed E-state index contributed by atoms with van der Waals surface area (Å²) in [4.78, 5) is 24.6. The van der Waals surface area contributed by atoms with Gasteiger partial charge >= 0.3 is 0 Å². The van der Waals surface area contributed by atoms with Crippen molar-refractivity contribution in [3.05, 3.63) is 102 Å². The van der Waals surface area contributed by atoms with Crippen molar-refractivity contribution in [3.8, 4) is 5.75 Å². The highest BCUT2D eigenvalue weighted by atomic mass is 16.5. The molecule has 6 heteroatoms. The minimum absolute atomic E-state index is 0.100. The van der Waals surface area contributed by atoms with Gasteiger partial charge in [-0.15, -0.1) is 0 Å². The lowest BCUT2D eigenvalue weighted by atomic mass is 10.1. The highest BCUT2D eigenvalue weighted by molar-refractivity contribution is 5.96. The summed E-state index contributed by atoms with van der Waals surface area (Å²) in [6, 6.07) is 23.9. The molecule has 0 aliphatic carbocycles. The number of rotatable bonds is 10. The molecule has 0 saturated carbocycles. The number of hydrogen-bond acceptors (Lipinski definition) is 4. The molecular weight excluding hydrogens is 402 g/mol. The fourth-order valence-corrected chi connectivity index (χ4v) is 2.88. The molecule has 3 aromatic carbocycles. The topological polar surface area (TPSA) is 79.5 Å². The summed E-state index contributed by atoms with van der Waals surface area (Å²) in [7, 11) is 0. The smallest absolute Gasteiger partial charge is 0.251 e. The first-order valence-corrected chi connectivity index (χ1v) is 10.3. The lowest BCUT2D eigenvalue weighted by Gasteiger charge is -2.11. The highest BCUT2D eigenvalue weighted by Crippen LogP contribution is 2.18. The van der Waals surface area contributed by atoms with Crippen LogP contribution in [0.15, 0.2) is 91.0 Å². The van der Waals surface area contributed by atoms with Crippen molar-refractivity contribution < 1.29 is 14.3 Å². The van der Waals surface area contributed by atoms with Crippen molar-refractivity contribution in [2.75, 3.05) is 23.8 Å². The van der Waals surface area contributed by atoms with Gasteiger partial charge in [0.2, 0.25) is 5.91 Å². The number of hydrogen-bond donors (Lipinski definition) is 3. The molecule has 0 aromatic heterocycles. The molecule has 0 saturated heterocycles. The summed E-state index contributed by atoms with van der Waals surface area (Å²) >= 11 is 0. The summed E-state index contributed by atoms with van der Waals surface area (Å²) in [5.41, 5.74) is 3.90. The standard InChI is InChI=1S/C26H27N3O3/c1-19(2)18-32-24-10-6-9-23(15-24)27-17-25(30)29-22-13-11-21(12-14-22)26(31)28-16-20-7-4-3-5-8-20/h3-15,27H,1,16-18H2,2H3,(H,28,31)(H,29,30). The van der Waals surface area contributed by atoms with Gasteiger partial charge in [0.15, 0.2) is 0 Å². The average molecular weight is 430 g/mol. The predicted octanol–water partition coefficient (Wildman–Crippen LogP) is 4.62. The van der Waals surface area contributed by atoms with Gasteiger partial charge < -0.3 is 20.7 Å². The lowest BCUT2D eigenvalue weighted by molar-refractivity contribution is -0.114. The molecule has 0 aliphatic rings. The van der Waals surface area contributed by atoms with Crippen LogP contribution >= 0.6 is 0 Å². The van der Waals surface area contributed by atoms with Gasteiger partial charge in [-0.2, -0.15) is 0 Å². The van der Waals surface area contributed by atoms with Crippen molar-refractivity contribution in [3.63, 3.8) is 0 Å². The molecule has 0 atom stereocenters. The summed E-state index contributed by atoms with van der Waals surface area (Å²) in [5, 5.41) is 8.77. The third kappa shape index (κ3) is 7.32. The fraction of sp³-hybridized carbons (Fsp3) is 0.154. The Morgan fingerprint density at radius 3 is 2.38 bits per heavy atom. The van der Waals surface area contributed by atoms with E-state index in [1.165, 1.54) is 0 Å².